The molecule has 2 amide bonds. The molecule has 2 aromatic carbocycles. The molecule has 3 rings (SSSR count). The predicted octanol–water partition coefficient (Wildman–Crippen LogP) is 4.02. The van der Waals surface area contributed by atoms with Gasteiger partial charge in [0.2, 0.25) is 5.91 Å². The molecule has 0 saturated carbocycles. The van der Waals surface area contributed by atoms with Crippen LogP contribution in [0, 0.1) is 0 Å². The number of carboxylic acids is 1. The van der Waals surface area contributed by atoms with Gasteiger partial charge in [-0.05, 0) is 42.0 Å². The number of alkyl carbamates (subject to hydrolysis) is 1. The van der Waals surface area contributed by atoms with Crippen LogP contribution in [0.1, 0.15) is 50.2 Å². The van der Waals surface area contributed by atoms with Crippen LogP contribution in [-0.4, -0.2) is 53.7 Å². The molecule has 1 atom stereocenters. The Labute approximate surface area is 188 Å². The first kappa shape index (κ1) is 23.3. The number of amides is 2. The number of hydrogen-bond donors (Lipinski definition) is 2. The third-order valence-electron chi connectivity index (χ3n) is 5.93. The van der Waals surface area contributed by atoms with Crippen molar-refractivity contribution in [1.29, 1.82) is 0 Å². The molecule has 2 N–H and O–H groups in total. The monoisotopic (exact) mass is 438 g/mol. The Bertz CT molecular complexity index is 929. The number of hydrogen-bond acceptors (Lipinski definition) is 4. The lowest BCUT2D eigenvalue weighted by Gasteiger charge is -2.27. The van der Waals surface area contributed by atoms with E-state index in [1.54, 1.807) is 0 Å². The number of aliphatic carboxylic acids is 1. The Morgan fingerprint density at radius 3 is 2.22 bits per heavy atom. The van der Waals surface area contributed by atoms with Crippen LogP contribution in [0.25, 0.3) is 11.1 Å². The Kier molecular flexibility index (Phi) is 7.87. The van der Waals surface area contributed by atoms with Gasteiger partial charge in [-0.25, -0.2) is 4.79 Å². The molecule has 0 heterocycles. The third-order valence-corrected chi connectivity index (χ3v) is 5.93. The summed E-state index contributed by atoms with van der Waals surface area (Å²) in [5.74, 6) is -1.26. The van der Waals surface area contributed by atoms with Gasteiger partial charge in [-0.2, -0.15) is 0 Å². The Morgan fingerprint density at radius 2 is 1.66 bits per heavy atom. The van der Waals surface area contributed by atoms with Gasteiger partial charge < -0.3 is 20.1 Å². The molecule has 0 aliphatic heterocycles. The molecule has 170 valence electrons. The molecule has 32 heavy (non-hydrogen) atoms. The summed E-state index contributed by atoms with van der Waals surface area (Å²) >= 11 is 0. The number of nitrogens with zero attached hydrogens (tertiary/aromatic N) is 1. The molecular formula is C25H30N2O5. The molecule has 7 nitrogen and oxygen atoms in total. The minimum absolute atomic E-state index is 0.00478. The van der Waals surface area contributed by atoms with E-state index in [-0.39, 0.29) is 44.0 Å². The minimum atomic E-state index is -1.03. The highest BCUT2D eigenvalue weighted by Crippen LogP contribution is 2.44. The molecule has 2 aromatic rings. The van der Waals surface area contributed by atoms with Crippen molar-refractivity contribution in [2.45, 2.75) is 45.1 Å². The molecule has 0 spiro atoms. The SMILES string of the molecule is CCC(C)N(CC(=O)O)C(=O)CCCNC(=O)OCC1c2ccccc2-c2ccccc21. The fourth-order valence-corrected chi connectivity index (χ4v) is 4.08. The molecule has 0 fully saturated rings. The van der Waals surface area contributed by atoms with Crippen molar-refractivity contribution in [3.63, 3.8) is 0 Å². The average molecular weight is 439 g/mol. The molecule has 0 aromatic heterocycles. The van der Waals surface area contributed by atoms with E-state index in [1.165, 1.54) is 16.0 Å². The largest absolute Gasteiger partial charge is 0.480 e. The normalized spacial score (nSPS) is 13.1. The van der Waals surface area contributed by atoms with E-state index in [9.17, 15) is 14.4 Å². The van der Waals surface area contributed by atoms with E-state index in [0.717, 1.165) is 11.1 Å². The van der Waals surface area contributed by atoms with Gasteiger partial charge in [-0.15, -0.1) is 0 Å². The van der Waals surface area contributed by atoms with Gasteiger partial charge in [0.25, 0.3) is 0 Å². The van der Waals surface area contributed by atoms with Crippen LogP contribution in [0.2, 0.25) is 0 Å². The van der Waals surface area contributed by atoms with E-state index < -0.39 is 12.1 Å². The number of carbonyl (C=O) groups excluding carboxylic acids is 2. The van der Waals surface area contributed by atoms with Gasteiger partial charge in [0.15, 0.2) is 0 Å². The van der Waals surface area contributed by atoms with E-state index in [2.05, 4.69) is 29.6 Å². The molecule has 1 unspecified atom stereocenters. The molecule has 1 aliphatic rings. The van der Waals surface area contributed by atoms with E-state index in [0.29, 0.717) is 12.8 Å². The van der Waals surface area contributed by atoms with Gasteiger partial charge in [0, 0.05) is 24.9 Å². The molecule has 7 heteroatoms. The van der Waals surface area contributed by atoms with Crippen molar-refractivity contribution >= 4 is 18.0 Å². The topological polar surface area (TPSA) is 95.9 Å². The van der Waals surface area contributed by atoms with Crippen LogP contribution in [0.15, 0.2) is 48.5 Å². The molecular weight excluding hydrogens is 408 g/mol. The maximum Gasteiger partial charge on any atom is 0.407 e. The average Bonchev–Trinajstić information content (AvgIpc) is 3.12. The van der Waals surface area contributed by atoms with Crippen LogP contribution in [-0.2, 0) is 14.3 Å². The fourth-order valence-electron chi connectivity index (χ4n) is 4.08. The van der Waals surface area contributed by atoms with Crippen molar-refractivity contribution in [2.75, 3.05) is 19.7 Å². The van der Waals surface area contributed by atoms with Gasteiger partial charge in [0.1, 0.15) is 13.2 Å². The quantitative estimate of drug-likeness (QED) is 0.546. The predicted molar refractivity (Wildman–Crippen MR) is 121 cm³/mol. The van der Waals surface area contributed by atoms with Gasteiger partial charge >= 0.3 is 12.1 Å². The van der Waals surface area contributed by atoms with Crippen LogP contribution >= 0.6 is 0 Å². The molecule has 0 saturated heterocycles. The van der Waals surface area contributed by atoms with Crippen molar-refractivity contribution in [1.82, 2.24) is 10.2 Å². The summed E-state index contributed by atoms with van der Waals surface area (Å²) in [6.45, 7) is 3.94. The van der Waals surface area contributed by atoms with E-state index in [1.807, 2.05) is 38.1 Å². The van der Waals surface area contributed by atoms with Crippen LogP contribution in [0.4, 0.5) is 4.79 Å². The van der Waals surface area contributed by atoms with E-state index >= 15 is 0 Å². The number of nitrogens with one attached hydrogen (secondary N) is 1. The molecule has 0 bridgehead atoms. The number of carbonyl (C=O) groups is 3. The Morgan fingerprint density at radius 1 is 1.06 bits per heavy atom. The lowest BCUT2D eigenvalue weighted by atomic mass is 9.98. The zero-order chi connectivity index (χ0) is 23.1. The molecule has 0 radical (unpaired) electrons. The summed E-state index contributed by atoms with van der Waals surface area (Å²) in [5.41, 5.74) is 4.64. The maximum atomic E-state index is 12.4. The first-order valence-electron chi connectivity index (χ1n) is 11.0. The highest BCUT2D eigenvalue weighted by molar-refractivity contribution is 5.82. The summed E-state index contributed by atoms with van der Waals surface area (Å²) in [4.78, 5) is 37.0. The highest BCUT2D eigenvalue weighted by Gasteiger charge is 2.29. The zero-order valence-electron chi connectivity index (χ0n) is 18.5. The number of fused-ring (bicyclic) bond motifs is 3. The summed E-state index contributed by atoms with van der Waals surface area (Å²) in [6.07, 6.45) is 0.733. The summed E-state index contributed by atoms with van der Waals surface area (Å²) in [5, 5.41) is 11.7. The smallest absolute Gasteiger partial charge is 0.407 e. The maximum absolute atomic E-state index is 12.4. The Hall–Kier alpha value is -3.35. The zero-order valence-corrected chi connectivity index (χ0v) is 18.5. The number of rotatable bonds is 10. The number of benzene rings is 2. The van der Waals surface area contributed by atoms with Gasteiger partial charge in [0.05, 0.1) is 0 Å². The number of ether oxygens (including phenoxy) is 1. The molecule has 1 aliphatic carbocycles. The Balaban J connectivity index is 1.46. The second-order valence-corrected chi connectivity index (χ2v) is 8.03. The second kappa shape index (κ2) is 10.8. The standard InChI is InChI=1S/C25H30N2O5/c1-3-17(2)27(15-24(29)30)23(28)13-8-14-26-25(31)32-16-22-20-11-6-4-9-18(20)19-10-5-7-12-21(19)22/h4-7,9-12,17,22H,3,8,13-16H2,1-2H3,(H,26,31)(H,29,30). The highest BCUT2D eigenvalue weighted by atomic mass is 16.5. The van der Waals surface area contributed by atoms with Crippen molar-refractivity contribution in [3.05, 3.63) is 59.7 Å². The first-order chi connectivity index (χ1) is 15.4. The lowest BCUT2D eigenvalue weighted by Crippen LogP contribution is -2.42. The van der Waals surface area contributed by atoms with Gasteiger partial charge in [-0.1, -0.05) is 55.5 Å². The fraction of sp³-hybridized carbons (Fsp3) is 0.400. The van der Waals surface area contributed by atoms with Crippen LogP contribution in [0.3, 0.4) is 0 Å². The second-order valence-electron chi connectivity index (χ2n) is 8.03. The third kappa shape index (κ3) is 5.46. The summed E-state index contributed by atoms with van der Waals surface area (Å²) in [7, 11) is 0. The number of carboxylic acid groups (broad SMARTS) is 1. The lowest BCUT2D eigenvalue weighted by molar-refractivity contribution is -0.146. The summed E-state index contributed by atoms with van der Waals surface area (Å²) < 4.78 is 5.48. The minimum Gasteiger partial charge on any atom is -0.480 e. The van der Waals surface area contributed by atoms with Crippen LogP contribution < -0.4 is 5.32 Å². The van der Waals surface area contributed by atoms with Crippen LogP contribution in [0.5, 0.6) is 0 Å². The summed E-state index contributed by atoms with van der Waals surface area (Å²) in [6, 6.07) is 16.1. The van der Waals surface area contributed by atoms with Crippen molar-refractivity contribution in [3.8, 4) is 11.1 Å². The van der Waals surface area contributed by atoms with Crippen molar-refractivity contribution < 1.29 is 24.2 Å². The van der Waals surface area contributed by atoms with Gasteiger partial charge in [-0.3, -0.25) is 9.59 Å². The van der Waals surface area contributed by atoms with E-state index in [4.69, 9.17) is 9.84 Å². The van der Waals surface area contributed by atoms with Crippen molar-refractivity contribution in [2.24, 2.45) is 0 Å². The first-order valence-corrected chi connectivity index (χ1v) is 11.0.